The molecule has 0 amide bonds. The van der Waals surface area contributed by atoms with E-state index in [0.29, 0.717) is 0 Å². The zero-order chi connectivity index (χ0) is 12.3. The average molecular weight is 285 g/mol. The van der Waals surface area contributed by atoms with E-state index in [-0.39, 0.29) is 11.5 Å². The maximum Gasteiger partial charge on any atom is 0.0790 e. The first-order chi connectivity index (χ1) is 7.29. The molecule has 0 spiro atoms. The Labute approximate surface area is 107 Å². The lowest BCUT2D eigenvalue weighted by molar-refractivity contribution is 0.147. The van der Waals surface area contributed by atoms with Gasteiger partial charge in [0.2, 0.25) is 0 Å². The summed E-state index contributed by atoms with van der Waals surface area (Å²) < 4.78 is 1.07. The number of hydrogen-bond acceptors (Lipinski definition) is 1. The third-order valence-corrected chi connectivity index (χ3v) is 3.60. The molecule has 16 heavy (non-hydrogen) atoms. The Morgan fingerprint density at radius 1 is 1.31 bits per heavy atom. The van der Waals surface area contributed by atoms with Crippen molar-refractivity contribution in [2.24, 2.45) is 5.41 Å². The fourth-order valence-corrected chi connectivity index (χ4v) is 1.95. The Morgan fingerprint density at radius 2 is 1.94 bits per heavy atom. The molecule has 0 radical (unpaired) electrons. The Morgan fingerprint density at radius 3 is 2.44 bits per heavy atom. The minimum atomic E-state index is -0.351. The molecule has 0 saturated heterocycles. The van der Waals surface area contributed by atoms with Crippen molar-refractivity contribution in [3.8, 4) is 0 Å². The summed E-state index contributed by atoms with van der Waals surface area (Å²) >= 11 is 3.49. The number of halogens is 1. The molecular weight excluding hydrogens is 264 g/mol. The first kappa shape index (κ1) is 13.7. The number of hydrogen-bond donors (Lipinski definition) is 1. The molecule has 0 saturated carbocycles. The number of aliphatic hydroxyl groups excluding tert-OH is 1. The second-order valence-corrected chi connectivity index (χ2v) is 6.48. The molecule has 1 rings (SSSR count). The smallest absolute Gasteiger partial charge is 0.0790 e. The summed E-state index contributed by atoms with van der Waals surface area (Å²) in [6.45, 7) is 8.65. The third-order valence-electron chi connectivity index (χ3n) is 2.75. The minimum absolute atomic E-state index is 0.281. The number of benzene rings is 1. The SMILES string of the molecule is Cc1ccc(C(O)CCC(C)(C)C)cc1Br. The normalized spacial score (nSPS) is 13.9. The Hall–Kier alpha value is -0.340. The second kappa shape index (κ2) is 5.33. The van der Waals surface area contributed by atoms with Gasteiger partial charge in [0, 0.05) is 4.47 Å². The van der Waals surface area contributed by atoms with Crippen molar-refractivity contribution in [2.45, 2.75) is 46.6 Å². The molecular formula is C14H21BrO. The highest BCUT2D eigenvalue weighted by Crippen LogP contribution is 2.29. The summed E-state index contributed by atoms with van der Waals surface area (Å²) in [6, 6.07) is 6.07. The maximum atomic E-state index is 10.1. The monoisotopic (exact) mass is 284 g/mol. The van der Waals surface area contributed by atoms with Gasteiger partial charge in [0.1, 0.15) is 0 Å². The van der Waals surface area contributed by atoms with Crippen molar-refractivity contribution < 1.29 is 5.11 Å². The Bertz CT molecular complexity index is 352. The molecule has 2 heteroatoms. The van der Waals surface area contributed by atoms with E-state index in [1.54, 1.807) is 0 Å². The molecule has 90 valence electrons. The molecule has 0 bridgehead atoms. The van der Waals surface area contributed by atoms with Crippen LogP contribution >= 0.6 is 15.9 Å². The van der Waals surface area contributed by atoms with E-state index in [4.69, 9.17) is 0 Å². The second-order valence-electron chi connectivity index (χ2n) is 5.62. The van der Waals surface area contributed by atoms with Gasteiger partial charge >= 0.3 is 0 Å². The Balaban J connectivity index is 2.66. The largest absolute Gasteiger partial charge is 0.388 e. The lowest BCUT2D eigenvalue weighted by atomic mass is 9.88. The van der Waals surface area contributed by atoms with Crippen LogP contribution in [0.1, 0.15) is 50.8 Å². The predicted octanol–water partition coefficient (Wildman–Crippen LogP) is 4.62. The van der Waals surface area contributed by atoms with E-state index < -0.39 is 0 Å². The van der Waals surface area contributed by atoms with Crippen LogP contribution in [0.15, 0.2) is 22.7 Å². The van der Waals surface area contributed by atoms with Crippen LogP contribution in [0.25, 0.3) is 0 Å². The highest BCUT2D eigenvalue weighted by molar-refractivity contribution is 9.10. The minimum Gasteiger partial charge on any atom is -0.388 e. The van der Waals surface area contributed by atoms with Crippen molar-refractivity contribution in [2.75, 3.05) is 0 Å². The van der Waals surface area contributed by atoms with E-state index in [1.165, 1.54) is 5.56 Å². The van der Waals surface area contributed by atoms with Gasteiger partial charge in [-0.15, -0.1) is 0 Å². The highest BCUT2D eigenvalue weighted by atomic mass is 79.9. The van der Waals surface area contributed by atoms with E-state index >= 15 is 0 Å². The molecule has 0 aliphatic rings. The van der Waals surface area contributed by atoms with Gasteiger partial charge < -0.3 is 5.11 Å². The van der Waals surface area contributed by atoms with Crippen molar-refractivity contribution in [3.05, 3.63) is 33.8 Å². The summed E-state index contributed by atoms with van der Waals surface area (Å²) in [7, 11) is 0. The highest BCUT2D eigenvalue weighted by Gasteiger charge is 2.15. The third kappa shape index (κ3) is 4.26. The molecule has 1 N–H and O–H groups in total. The van der Waals surface area contributed by atoms with Gasteiger partial charge in [-0.05, 0) is 42.4 Å². The summed E-state index contributed by atoms with van der Waals surface area (Å²) in [5.41, 5.74) is 2.48. The van der Waals surface area contributed by atoms with Gasteiger partial charge in [-0.3, -0.25) is 0 Å². The van der Waals surface area contributed by atoms with Gasteiger partial charge in [0.05, 0.1) is 6.10 Å². The summed E-state index contributed by atoms with van der Waals surface area (Å²) in [4.78, 5) is 0. The first-order valence-corrected chi connectivity index (χ1v) is 6.53. The van der Waals surface area contributed by atoms with Crippen LogP contribution in [0.5, 0.6) is 0 Å². The zero-order valence-electron chi connectivity index (χ0n) is 10.5. The van der Waals surface area contributed by atoms with Crippen LogP contribution in [0.4, 0.5) is 0 Å². The topological polar surface area (TPSA) is 20.2 Å². The number of rotatable bonds is 3. The van der Waals surface area contributed by atoms with E-state index in [1.807, 2.05) is 18.2 Å². The molecule has 1 aromatic rings. The van der Waals surface area contributed by atoms with Gasteiger partial charge in [-0.2, -0.15) is 0 Å². The standard InChI is InChI=1S/C14H21BrO/c1-10-5-6-11(9-12(10)15)13(16)7-8-14(2,3)4/h5-6,9,13,16H,7-8H2,1-4H3. The fourth-order valence-electron chi connectivity index (χ4n) is 1.55. The molecule has 0 fully saturated rings. The molecule has 1 nitrogen and oxygen atoms in total. The van der Waals surface area contributed by atoms with Crippen molar-refractivity contribution in [1.29, 1.82) is 0 Å². The van der Waals surface area contributed by atoms with E-state index in [2.05, 4.69) is 43.6 Å². The number of aliphatic hydroxyl groups is 1. The molecule has 0 aliphatic heterocycles. The first-order valence-electron chi connectivity index (χ1n) is 5.74. The quantitative estimate of drug-likeness (QED) is 0.859. The van der Waals surface area contributed by atoms with Gasteiger partial charge in [-0.25, -0.2) is 0 Å². The van der Waals surface area contributed by atoms with Gasteiger partial charge in [0.15, 0.2) is 0 Å². The van der Waals surface area contributed by atoms with Crippen LogP contribution in [0.3, 0.4) is 0 Å². The van der Waals surface area contributed by atoms with E-state index in [0.717, 1.165) is 22.9 Å². The van der Waals surface area contributed by atoms with Crippen LogP contribution in [-0.2, 0) is 0 Å². The van der Waals surface area contributed by atoms with E-state index in [9.17, 15) is 5.11 Å². The summed E-state index contributed by atoms with van der Waals surface area (Å²) in [5, 5.41) is 10.1. The molecule has 1 atom stereocenters. The Kier molecular flexibility index (Phi) is 4.57. The van der Waals surface area contributed by atoms with Crippen molar-refractivity contribution in [3.63, 3.8) is 0 Å². The molecule has 0 aliphatic carbocycles. The fraction of sp³-hybridized carbons (Fsp3) is 0.571. The van der Waals surface area contributed by atoms with Crippen molar-refractivity contribution >= 4 is 15.9 Å². The van der Waals surface area contributed by atoms with Crippen molar-refractivity contribution in [1.82, 2.24) is 0 Å². The number of aryl methyl sites for hydroxylation is 1. The van der Waals surface area contributed by atoms with Gasteiger partial charge in [-0.1, -0.05) is 48.8 Å². The van der Waals surface area contributed by atoms with Crippen LogP contribution in [0, 0.1) is 12.3 Å². The lowest BCUT2D eigenvalue weighted by Gasteiger charge is -2.20. The molecule has 1 unspecified atom stereocenters. The van der Waals surface area contributed by atoms with Gasteiger partial charge in [0.25, 0.3) is 0 Å². The van der Waals surface area contributed by atoms with Crippen LogP contribution in [0.2, 0.25) is 0 Å². The zero-order valence-corrected chi connectivity index (χ0v) is 12.1. The lowest BCUT2D eigenvalue weighted by Crippen LogP contribution is -2.08. The molecule has 1 aromatic carbocycles. The van der Waals surface area contributed by atoms with Crippen LogP contribution in [-0.4, -0.2) is 5.11 Å². The average Bonchev–Trinajstić information content (AvgIpc) is 2.17. The van der Waals surface area contributed by atoms with Crippen LogP contribution < -0.4 is 0 Å². The predicted molar refractivity (Wildman–Crippen MR) is 72.5 cm³/mol. The maximum absolute atomic E-state index is 10.1. The summed E-state index contributed by atoms with van der Waals surface area (Å²) in [6.07, 6.45) is 1.50. The molecule has 0 aromatic heterocycles. The summed E-state index contributed by atoms with van der Waals surface area (Å²) in [5.74, 6) is 0. The molecule has 0 heterocycles.